The first-order valence-electron chi connectivity index (χ1n) is 12.6. The molecule has 0 radical (unpaired) electrons. The van der Waals surface area contributed by atoms with Crippen LogP contribution in [0.25, 0.3) is 17.1 Å². The second-order valence-corrected chi connectivity index (χ2v) is 16.0. The van der Waals surface area contributed by atoms with Crippen LogP contribution in [0.1, 0.15) is 37.6 Å². The van der Waals surface area contributed by atoms with Gasteiger partial charge in [-0.3, -0.25) is 4.98 Å². The molecule has 38 heavy (non-hydrogen) atoms. The Labute approximate surface area is 230 Å². The average molecular weight is 545 g/mol. The Kier molecular flexibility index (Phi) is 8.02. The van der Waals surface area contributed by atoms with Gasteiger partial charge in [0.15, 0.2) is 8.32 Å². The molecule has 3 heterocycles. The normalized spacial score (nSPS) is 11.8. The lowest BCUT2D eigenvalue weighted by atomic mass is 10.1. The van der Waals surface area contributed by atoms with Crippen LogP contribution in [-0.2, 0) is 10.8 Å². The Balaban J connectivity index is 1.75. The molecule has 1 aromatic carbocycles. The van der Waals surface area contributed by atoms with Crippen molar-refractivity contribution in [2.24, 2.45) is 0 Å². The molecule has 0 bridgehead atoms. The number of aryl methyl sites for hydroxylation is 1. The Morgan fingerprint density at radius 3 is 2.55 bits per heavy atom. The lowest BCUT2D eigenvalue weighted by molar-refractivity contribution is 0.292. The van der Waals surface area contributed by atoms with E-state index in [0.717, 1.165) is 28.3 Å². The van der Waals surface area contributed by atoms with E-state index in [0.29, 0.717) is 35.1 Å². The predicted molar refractivity (Wildman–Crippen MR) is 156 cm³/mol. The van der Waals surface area contributed by atoms with Crippen molar-refractivity contribution in [3.05, 3.63) is 82.8 Å². The van der Waals surface area contributed by atoms with E-state index in [1.807, 2.05) is 48.1 Å². The molecule has 0 amide bonds. The highest BCUT2D eigenvalue weighted by Crippen LogP contribution is 2.37. The fraction of sp³-hybridized carbons (Fsp3) is 0.310. The lowest BCUT2D eigenvalue weighted by Gasteiger charge is -2.36. The van der Waals surface area contributed by atoms with Crippen molar-refractivity contribution in [3.63, 3.8) is 0 Å². The molecule has 0 saturated carbocycles. The van der Waals surface area contributed by atoms with E-state index in [1.54, 1.807) is 24.4 Å². The Bertz CT molecular complexity index is 1470. The number of benzene rings is 1. The Hall–Kier alpha value is -3.51. The van der Waals surface area contributed by atoms with Gasteiger partial charge in [-0.15, -0.1) is 0 Å². The number of aromatic nitrogens is 4. The van der Waals surface area contributed by atoms with Crippen LogP contribution in [0.3, 0.4) is 0 Å². The number of nitriles is 1. The van der Waals surface area contributed by atoms with Gasteiger partial charge < -0.3 is 9.74 Å². The number of halogens is 1. The summed E-state index contributed by atoms with van der Waals surface area (Å²) in [4.78, 5) is 9.27. The van der Waals surface area contributed by atoms with Crippen molar-refractivity contribution >= 4 is 31.4 Å². The molecule has 0 aliphatic heterocycles. The third-order valence-corrected chi connectivity index (χ3v) is 11.8. The first-order valence-corrected chi connectivity index (χ1v) is 15.9. The van der Waals surface area contributed by atoms with E-state index in [2.05, 4.69) is 50.2 Å². The van der Waals surface area contributed by atoms with E-state index in [9.17, 15) is 5.26 Å². The summed E-state index contributed by atoms with van der Waals surface area (Å²) in [5.74, 6) is 0.681. The number of pyridine rings is 2. The van der Waals surface area contributed by atoms with Gasteiger partial charge >= 0.3 is 0 Å². The van der Waals surface area contributed by atoms with E-state index in [1.165, 1.54) is 0 Å². The van der Waals surface area contributed by atoms with Gasteiger partial charge in [0.1, 0.15) is 11.5 Å². The zero-order valence-electron chi connectivity index (χ0n) is 22.7. The van der Waals surface area contributed by atoms with Crippen molar-refractivity contribution in [1.29, 1.82) is 5.26 Å². The fourth-order valence-electron chi connectivity index (χ4n) is 3.78. The average Bonchev–Trinajstić information content (AvgIpc) is 3.36. The molecule has 0 fully saturated rings. The molecular formula is C29H33ClN6OSi. The van der Waals surface area contributed by atoms with Crippen molar-refractivity contribution in [1.82, 2.24) is 19.7 Å². The summed E-state index contributed by atoms with van der Waals surface area (Å²) in [5, 5.41) is 18.0. The van der Waals surface area contributed by atoms with Gasteiger partial charge in [-0.1, -0.05) is 38.4 Å². The summed E-state index contributed by atoms with van der Waals surface area (Å²) in [6.07, 6.45) is 4.33. The summed E-state index contributed by atoms with van der Waals surface area (Å²) in [7, 11) is -1.94. The topological polar surface area (TPSA) is 88.6 Å². The molecule has 4 aromatic rings. The molecule has 4 rings (SSSR count). The van der Waals surface area contributed by atoms with E-state index >= 15 is 0 Å². The van der Waals surface area contributed by atoms with Gasteiger partial charge in [-0.25, -0.2) is 9.67 Å². The maximum atomic E-state index is 9.22. The minimum absolute atomic E-state index is 0.109. The SMILES string of the molecule is Cc1cc(-n2ccc(-c3ccccn3)n2)c(CCO[Si](C)(C)C(C)(C)C)c(Nc2ccc(C#N)cc2Cl)n1. The Morgan fingerprint density at radius 1 is 1.11 bits per heavy atom. The maximum Gasteiger partial charge on any atom is 0.191 e. The van der Waals surface area contributed by atoms with Crippen LogP contribution in [0.15, 0.2) is 60.9 Å². The lowest BCUT2D eigenvalue weighted by Crippen LogP contribution is -2.41. The Morgan fingerprint density at radius 2 is 1.89 bits per heavy atom. The molecule has 0 saturated heterocycles. The number of anilines is 2. The largest absolute Gasteiger partial charge is 0.416 e. The second kappa shape index (κ2) is 11.1. The number of nitrogens with zero attached hydrogens (tertiary/aromatic N) is 5. The number of hydrogen-bond donors (Lipinski definition) is 1. The highest BCUT2D eigenvalue weighted by atomic mass is 35.5. The molecule has 7 nitrogen and oxygen atoms in total. The minimum Gasteiger partial charge on any atom is -0.416 e. The van der Waals surface area contributed by atoms with Crippen LogP contribution in [0.4, 0.5) is 11.5 Å². The van der Waals surface area contributed by atoms with E-state index in [4.69, 9.17) is 26.1 Å². The van der Waals surface area contributed by atoms with E-state index < -0.39 is 8.32 Å². The molecule has 196 valence electrons. The molecule has 3 aromatic heterocycles. The number of nitrogens with one attached hydrogen (secondary N) is 1. The summed E-state index contributed by atoms with van der Waals surface area (Å²) >= 11 is 6.51. The summed E-state index contributed by atoms with van der Waals surface area (Å²) in [6.45, 7) is 13.7. The maximum absolute atomic E-state index is 9.22. The summed E-state index contributed by atoms with van der Waals surface area (Å²) < 4.78 is 8.40. The van der Waals surface area contributed by atoms with Crippen LogP contribution >= 0.6 is 11.6 Å². The number of hydrogen-bond acceptors (Lipinski definition) is 6. The van der Waals surface area contributed by atoms with Gasteiger partial charge in [-0.2, -0.15) is 10.4 Å². The molecule has 9 heteroatoms. The van der Waals surface area contributed by atoms with Crippen molar-refractivity contribution in [2.75, 3.05) is 11.9 Å². The fourth-order valence-corrected chi connectivity index (χ4v) is 5.06. The first kappa shape index (κ1) is 27.5. The summed E-state index contributed by atoms with van der Waals surface area (Å²) in [5.41, 5.74) is 5.47. The van der Waals surface area contributed by atoms with Gasteiger partial charge in [0.2, 0.25) is 0 Å². The highest BCUT2D eigenvalue weighted by molar-refractivity contribution is 6.74. The van der Waals surface area contributed by atoms with Gasteiger partial charge in [-0.05, 0) is 67.5 Å². The molecule has 0 aliphatic carbocycles. The quantitative estimate of drug-likeness (QED) is 0.231. The zero-order chi connectivity index (χ0) is 27.5. The smallest absolute Gasteiger partial charge is 0.191 e. The van der Waals surface area contributed by atoms with E-state index in [-0.39, 0.29) is 5.04 Å². The van der Waals surface area contributed by atoms with Crippen LogP contribution < -0.4 is 5.32 Å². The predicted octanol–water partition coefficient (Wildman–Crippen LogP) is 7.47. The van der Waals surface area contributed by atoms with Gasteiger partial charge in [0.25, 0.3) is 0 Å². The van der Waals surface area contributed by atoms with Gasteiger partial charge in [0.05, 0.1) is 33.7 Å². The van der Waals surface area contributed by atoms with Crippen molar-refractivity contribution in [2.45, 2.75) is 52.2 Å². The third-order valence-electron chi connectivity index (χ3n) is 6.96. The van der Waals surface area contributed by atoms with Gasteiger partial charge in [0, 0.05) is 36.7 Å². The van der Waals surface area contributed by atoms with Crippen LogP contribution in [0.2, 0.25) is 23.2 Å². The summed E-state index contributed by atoms with van der Waals surface area (Å²) in [6, 6.07) is 17.1. The third kappa shape index (κ3) is 6.13. The first-order chi connectivity index (χ1) is 18.0. The van der Waals surface area contributed by atoms with Crippen molar-refractivity contribution < 1.29 is 4.43 Å². The molecule has 0 aliphatic rings. The molecule has 0 spiro atoms. The monoisotopic (exact) mass is 544 g/mol. The van der Waals surface area contributed by atoms with Crippen LogP contribution in [0, 0.1) is 18.3 Å². The molecule has 1 N–H and O–H groups in total. The highest BCUT2D eigenvalue weighted by Gasteiger charge is 2.37. The number of rotatable bonds is 8. The van der Waals surface area contributed by atoms with Crippen LogP contribution in [0.5, 0.6) is 0 Å². The second-order valence-electron chi connectivity index (χ2n) is 10.8. The van der Waals surface area contributed by atoms with Crippen molar-refractivity contribution in [3.8, 4) is 23.1 Å². The zero-order valence-corrected chi connectivity index (χ0v) is 24.5. The molecular weight excluding hydrogens is 512 g/mol. The molecule has 0 unspecified atom stereocenters. The molecule has 0 atom stereocenters. The van der Waals surface area contributed by atoms with Crippen LogP contribution in [-0.4, -0.2) is 34.7 Å². The standard InChI is InChI=1S/C29H33ClN6OSi/c1-20-17-27(36-15-12-26(35-36)25-9-7-8-14-32-25)22(13-16-37-38(5,6)29(2,3)4)28(33-20)34-24-11-10-21(19-31)18-23(24)30/h7-12,14-15,17-18H,13,16H2,1-6H3,(H,33,34). The minimum atomic E-state index is -1.94.